The molecule has 1 aliphatic carbocycles. The molecular weight excluding hydrogens is 184 g/mol. The van der Waals surface area contributed by atoms with Crippen molar-refractivity contribution in [1.29, 1.82) is 0 Å². The monoisotopic (exact) mass is 198 g/mol. The summed E-state index contributed by atoms with van der Waals surface area (Å²) in [6.45, 7) is 0. The number of hydrogen-bond acceptors (Lipinski definition) is 3. The molecule has 13 heavy (non-hydrogen) atoms. The zero-order chi connectivity index (χ0) is 9.10. The zero-order valence-electron chi connectivity index (χ0n) is 7.49. The normalized spacial score (nSPS) is 18.2. The molecule has 0 spiro atoms. The highest BCUT2D eigenvalue weighted by atomic mass is 32.2. The molecule has 2 rings (SSSR count). The van der Waals surface area contributed by atoms with Crippen LogP contribution in [0.5, 0.6) is 5.88 Å². The van der Waals surface area contributed by atoms with Crippen LogP contribution in [0.3, 0.4) is 0 Å². The van der Waals surface area contributed by atoms with Gasteiger partial charge in [-0.25, -0.2) is 4.98 Å². The van der Waals surface area contributed by atoms with E-state index >= 15 is 0 Å². The summed E-state index contributed by atoms with van der Waals surface area (Å²) in [5.74, 6) is 1.95. The lowest BCUT2D eigenvalue weighted by molar-refractivity contribution is 0.456. The van der Waals surface area contributed by atoms with E-state index in [1.165, 1.54) is 31.9 Å². The predicted octanol–water partition coefficient (Wildman–Crippen LogP) is 2.29. The lowest BCUT2D eigenvalue weighted by atomic mass is 10.4. The van der Waals surface area contributed by atoms with Gasteiger partial charge in [0, 0.05) is 5.25 Å². The first-order valence-electron chi connectivity index (χ1n) is 4.69. The summed E-state index contributed by atoms with van der Waals surface area (Å²) in [6.07, 6.45) is 6.90. The number of imidazole rings is 1. The van der Waals surface area contributed by atoms with E-state index in [4.69, 9.17) is 5.11 Å². The molecule has 72 valence electrons. The van der Waals surface area contributed by atoms with Crippen LogP contribution in [-0.2, 0) is 5.75 Å². The standard InChI is InChI=1S/C9H14N2OS/c12-9-5-10-8(11-9)6-13-7-3-1-2-4-7/h5,7,12H,1-4,6H2,(H,10,11). The van der Waals surface area contributed by atoms with Gasteiger partial charge in [-0.2, -0.15) is 11.8 Å². The van der Waals surface area contributed by atoms with Gasteiger partial charge >= 0.3 is 0 Å². The van der Waals surface area contributed by atoms with Crippen LogP contribution in [0.1, 0.15) is 31.5 Å². The van der Waals surface area contributed by atoms with Gasteiger partial charge in [0.1, 0.15) is 5.82 Å². The fraction of sp³-hybridized carbons (Fsp3) is 0.667. The Hall–Kier alpha value is -0.640. The average molecular weight is 198 g/mol. The van der Waals surface area contributed by atoms with Crippen molar-refractivity contribution in [2.24, 2.45) is 0 Å². The van der Waals surface area contributed by atoms with Crippen LogP contribution in [0.2, 0.25) is 0 Å². The molecule has 0 radical (unpaired) electrons. The van der Waals surface area contributed by atoms with Gasteiger partial charge in [-0.3, -0.25) is 0 Å². The van der Waals surface area contributed by atoms with E-state index in [-0.39, 0.29) is 5.88 Å². The number of rotatable bonds is 3. The quantitative estimate of drug-likeness (QED) is 0.783. The maximum Gasteiger partial charge on any atom is 0.208 e. The average Bonchev–Trinajstić information content (AvgIpc) is 2.71. The molecule has 0 unspecified atom stereocenters. The Kier molecular flexibility index (Phi) is 2.78. The van der Waals surface area contributed by atoms with Crippen LogP contribution in [0.25, 0.3) is 0 Å². The summed E-state index contributed by atoms with van der Waals surface area (Å²) in [4.78, 5) is 6.87. The molecule has 4 heteroatoms. The number of aromatic hydroxyl groups is 1. The Labute approximate surface area is 82.0 Å². The second-order valence-electron chi connectivity index (χ2n) is 3.43. The van der Waals surface area contributed by atoms with Crippen molar-refractivity contribution in [1.82, 2.24) is 9.97 Å². The van der Waals surface area contributed by atoms with E-state index in [9.17, 15) is 0 Å². The van der Waals surface area contributed by atoms with Gasteiger partial charge in [-0.05, 0) is 12.8 Å². The third-order valence-corrected chi connectivity index (χ3v) is 3.76. The van der Waals surface area contributed by atoms with Crippen molar-refractivity contribution < 1.29 is 5.11 Å². The smallest absolute Gasteiger partial charge is 0.208 e. The third-order valence-electron chi connectivity index (χ3n) is 2.37. The Morgan fingerprint density at radius 1 is 1.54 bits per heavy atom. The minimum Gasteiger partial charge on any atom is -0.493 e. The minimum absolute atomic E-state index is 0.169. The van der Waals surface area contributed by atoms with Gasteiger partial charge < -0.3 is 10.1 Å². The van der Waals surface area contributed by atoms with E-state index in [0.717, 1.165) is 16.8 Å². The largest absolute Gasteiger partial charge is 0.493 e. The summed E-state index contributed by atoms with van der Waals surface area (Å²) in [7, 11) is 0. The van der Waals surface area contributed by atoms with Crippen molar-refractivity contribution in [3.8, 4) is 5.88 Å². The number of aromatic nitrogens is 2. The number of H-pyrrole nitrogens is 1. The molecule has 0 atom stereocenters. The minimum atomic E-state index is 0.169. The summed E-state index contributed by atoms with van der Waals surface area (Å²) in [6, 6.07) is 0. The van der Waals surface area contributed by atoms with E-state index in [2.05, 4.69) is 9.97 Å². The van der Waals surface area contributed by atoms with E-state index in [1.807, 2.05) is 11.8 Å². The van der Waals surface area contributed by atoms with Gasteiger partial charge in [0.2, 0.25) is 5.88 Å². The molecule has 0 aromatic carbocycles. The summed E-state index contributed by atoms with van der Waals surface area (Å²) >= 11 is 1.95. The van der Waals surface area contributed by atoms with Crippen molar-refractivity contribution in [3.63, 3.8) is 0 Å². The molecule has 0 saturated heterocycles. The molecule has 0 aliphatic heterocycles. The molecule has 1 fully saturated rings. The van der Waals surface area contributed by atoms with Crippen LogP contribution in [0, 0.1) is 0 Å². The molecule has 1 aliphatic rings. The Bertz CT molecular complexity index is 268. The van der Waals surface area contributed by atoms with Gasteiger partial charge in [0.15, 0.2) is 0 Å². The lowest BCUT2D eigenvalue weighted by Gasteiger charge is -2.05. The molecule has 1 saturated carbocycles. The Morgan fingerprint density at radius 3 is 2.92 bits per heavy atom. The highest BCUT2D eigenvalue weighted by Crippen LogP contribution is 2.31. The van der Waals surface area contributed by atoms with Crippen LogP contribution >= 0.6 is 11.8 Å². The van der Waals surface area contributed by atoms with Crippen LogP contribution in [0.4, 0.5) is 0 Å². The number of nitrogens with zero attached hydrogens (tertiary/aromatic N) is 1. The Balaban J connectivity index is 1.78. The molecule has 0 amide bonds. The second-order valence-corrected chi connectivity index (χ2v) is 4.72. The van der Waals surface area contributed by atoms with Gasteiger partial charge in [0.05, 0.1) is 11.9 Å². The van der Waals surface area contributed by atoms with E-state index in [0.29, 0.717) is 0 Å². The van der Waals surface area contributed by atoms with Crippen molar-refractivity contribution >= 4 is 11.8 Å². The van der Waals surface area contributed by atoms with Crippen LogP contribution in [-0.4, -0.2) is 20.3 Å². The first-order chi connectivity index (χ1) is 6.34. The van der Waals surface area contributed by atoms with Crippen molar-refractivity contribution in [2.75, 3.05) is 0 Å². The maximum absolute atomic E-state index is 9.02. The van der Waals surface area contributed by atoms with Crippen molar-refractivity contribution in [3.05, 3.63) is 12.0 Å². The molecule has 1 aromatic rings. The number of hydrogen-bond donors (Lipinski definition) is 2. The van der Waals surface area contributed by atoms with E-state index < -0.39 is 0 Å². The highest BCUT2D eigenvalue weighted by Gasteiger charge is 2.15. The molecular formula is C9H14N2OS. The molecule has 2 N–H and O–H groups in total. The molecule has 1 aromatic heterocycles. The summed E-state index contributed by atoms with van der Waals surface area (Å²) < 4.78 is 0. The second kappa shape index (κ2) is 4.05. The Morgan fingerprint density at radius 2 is 2.31 bits per heavy atom. The zero-order valence-corrected chi connectivity index (χ0v) is 8.31. The third kappa shape index (κ3) is 2.40. The SMILES string of the molecule is Oc1cnc(CSC2CCCC2)[nH]1. The maximum atomic E-state index is 9.02. The highest BCUT2D eigenvalue weighted by molar-refractivity contribution is 7.99. The molecule has 3 nitrogen and oxygen atoms in total. The molecule has 0 bridgehead atoms. The first kappa shape index (κ1) is 8.94. The van der Waals surface area contributed by atoms with E-state index in [1.54, 1.807) is 0 Å². The van der Waals surface area contributed by atoms with Gasteiger partial charge in [-0.1, -0.05) is 12.8 Å². The summed E-state index contributed by atoms with van der Waals surface area (Å²) in [5, 5.41) is 9.83. The summed E-state index contributed by atoms with van der Waals surface area (Å²) in [5.41, 5.74) is 0. The topological polar surface area (TPSA) is 48.9 Å². The lowest BCUT2D eigenvalue weighted by Crippen LogP contribution is -1.95. The fourth-order valence-electron chi connectivity index (χ4n) is 1.68. The van der Waals surface area contributed by atoms with Crippen LogP contribution < -0.4 is 0 Å². The van der Waals surface area contributed by atoms with Gasteiger partial charge in [-0.15, -0.1) is 0 Å². The number of nitrogens with one attached hydrogen (secondary N) is 1. The molecule has 1 heterocycles. The van der Waals surface area contributed by atoms with Gasteiger partial charge in [0.25, 0.3) is 0 Å². The fourth-order valence-corrected chi connectivity index (χ4v) is 2.88. The van der Waals surface area contributed by atoms with Crippen molar-refractivity contribution in [2.45, 2.75) is 36.7 Å². The number of thioether (sulfide) groups is 1. The van der Waals surface area contributed by atoms with Crippen LogP contribution in [0.15, 0.2) is 6.20 Å². The predicted molar refractivity (Wildman–Crippen MR) is 53.8 cm³/mol. The number of aromatic amines is 1. The first-order valence-corrected chi connectivity index (χ1v) is 5.74.